The van der Waals surface area contributed by atoms with E-state index in [1.807, 2.05) is 12.2 Å². The quantitative estimate of drug-likeness (QED) is 0.0197. The summed E-state index contributed by atoms with van der Waals surface area (Å²) in [6, 6.07) is 0. The standard InChI is InChI=1S/C66H105O11P/c1-4-7-10-13-16-19-22-25-27-29-31-33-35-38-40-43-46-49-52-55-64(68)73-59-63(77-66(70)57-54-51-48-45-42-39-36-34-32-30-28-26-23-20-17-14-11-8-5-2)61-75-78(71,72)74-60-62(58-67)76-65(69)56-53-50-47-44-41-37-24-21-18-15-12-9-6-3/h8-9,11-12,16-21,25-28,31-34,37,39,41-42,48,51,62-63,67H,4-7,10,13-15,22-24,29-30,35-36,38,40,43-47,49-50,52-61H2,1-3H3,(H,71,72)/b11-8-,12-9-,19-16-,20-17-,21-18-,27-25-,28-26-,33-31-,34-32-,41-37-,42-39-,51-48-. The first kappa shape index (κ1) is 73.4. The van der Waals surface area contributed by atoms with Crippen LogP contribution in [0.1, 0.15) is 213 Å². The Morgan fingerprint density at radius 1 is 0.372 bits per heavy atom. The number of allylic oxidation sites excluding steroid dienone is 24. The van der Waals surface area contributed by atoms with Gasteiger partial charge in [0, 0.05) is 19.3 Å². The van der Waals surface area contributed by atoms with Gasteiger partial charge < -0.3 is 24.2 Å². The Balaban J connectivity index is 4.91. The zero-order chi connectivity index (χ0) is 56.9. The molecule has 0 heterocycles. The van der Waals surface area contributed by atoms with Crippen molar-refractivity contribution >= 4 is 25.7 Å². The first-order valence-corrected chi connectivity index (χ1v) is 31.2. The molecule has 0 aromatic carbocycles. The highest BCUT2D eigenvalue weighted by Gasteiger charge is 2.28. The zero-order valence-electron chi connectivity index (χ0n) is 48.6. The summed E-state index contributed by atoms with van der Waals surface area (Å²) in [5, 5.41) is 9.81. The van der Waals surface area contributed by atoms with Crippen LogP contribution in [0.4, 0.5) is 0 Å². The second-order valence-electron chi connectivity index (χ2n) is 19.0. The van der Waals surface area contributed by atoms with Gasteiger partial charge in [-0.15, -0.1) is 0 Å². The fourth-order valence-corrected chi connectivity index (χ4v) is 8.07. The zero-order valence-corrected chi connectivity index (χ0v) is 49.5. The monoisotopic (exact) mass is 1100 g/mol. The van der Waals surface area contributed by atoms with Gasteiger partial charge in [0.25, 0.3) is 0 Å². The van der Waals surface area contributed by atoms with Crippen LogP contribution in [0.5, 0.6) is 0 Å². The smallest absolute Gasteiger partial charge is 0.462 e. The van der Waals surface area contributed by atoms with E-state index in [1.54, 1.807) is 0 Å². The third-order valence-corrected chi connectivity index (χ3v) is 12.7. The molecule has 12 heteroatoms. The predicted molar refractivity (Wildman–Crippen MR) is 325 cm³/mol. The molecule has 0 fully saturated rings. The maximum Gasteiger partial charge on any atom is 0.472 e. The molecule has 0 spiro atoms. The number of rotatable bonds is 53. The number of esters is 3. The van der Waals surface area contributed by atoms with Crippen LogP contribution >= 0.6 is 7.82 Å². The van der Waals surface area contributed by atoms with Gasteiger partial charge in [-0.2, -0.15) is 0 Å². The molecule has 78 heavy (non-hydrogen) atoms. The fourth-order valence-electron chi connectivity index (χ4n) is 7.28. The van der Waals surface area contributed by atoms with Gasteiger partial charge in [-0.25, -0.2) is 4.57 Å². The Bertz CT molecular complexity index is 1860. The number of phosphoric ester groups is 1. The second-order valence-corrected chi connectivity index (χ2v) is 20.5. The van der Waals surface area contributed by atoms with E-state index in [2.05, 4.69) is 154 Å². The summed E-state index contributed by atoms with van der Waals surface area (Å²) < 4.78 is 39.4. The average molecular weight is 1110 g/mol. The van der Waals surface area contributed by atoms with Crippen LogP contribution in [0.25, 0.3) is 0 Å². The van der Waals surface area contributed by atoms with E-state index < -0.39 is 57.8 Å². The van der Waals surface area contributed by atoms with E-state index in [1.165, 1.54) is 25.7 Å². The van der Waals surface area contributed by atoms with Crippen molar-refractivity contribution < 1.29 is 52.2 Å². The molecular weight excluding hydrogens is 1000 g/mol. The number of carbonyl (C=O) groups excluding carboxylic acids is 3. The van der Waals surface area contributed by atoms with Gasteiger partial charge in [0.05, 0.1) is 19.8 Å². The van der Waals surface area contributed by atoms with E-state index >= 15 is 0 Å². The average Bonchev–Trinajstić information content (AvgIpc) is 3.43. The molecule has 440 valence electrons. The van der Waals surface area contributed by atoms with Crippen LogP contribution in [-0.4, -0.2) is 66.5 Å². The molecule has 0 bridgehead atoms. The van der Waals surface area contributed by atoms with Gasteiger partial charge in [-0.1, -0.05) is 212 Å². The van der Waals surface area contributed by atoms with E-state index in [-0.39, 0.29) is 25.9 Å². The molecule has 0 aliphatic heterocycles. The maximum atomic E-state index is 12.9. The van der Waals surface area contributed by atoms with Crippen LogP contribution in [0.2, 0.25) is 0 Å². The van der Waals surface area contributed by atoms with Crippen molar-refractivity contribution in [2.45, 2.75) is 226 Å². The van der Waals surface area contributed by atoms with Crippen molar-refractivity contribution in [1.29, 1.82) is 0 Å². The fraction of sp³-hybridized carbons (Fsp3) is 0.591. The Kier molecular flexibility index (Phi) is 55.0. The molecule has 2 N–H and O–H groups in total. The van der Waals surface area contributed by atoms with Gasteiger partial charge in [0.2, 0.25) is 0 Å². The minimum absolute atomic E-state index is 0.0287. The van der Waals surface area contributed by atoms with Crippen molar-refractivity contribution in [3.8, 4) is 0 Å². The SMILES string of the molecule is CC/C=C\C/C=C\C/C=C\C/C=C\C/C=C\C/C=C\CCC(=O)OC(COC(=O)CCCCCCCC/C=C\C/C=C\C/C=C\CCCCC)COP(=O)(O)OCC(CO)OC(=O)CCCCC/C=C\C/C=C\C/C=C\CC. The van der Waals surface area contributed by atoms with Crippen LogP contribution in [0, 0.1) is 0 Å². The van der Waals surface area contributed by atoms with Gasteiger partial charge in [-0.3, -0.25) is 23.4 Å². The van der Waals surface area contributed by atoms with E-state index in [0.717, 1.165) is 122 Å². The number of phosphoric acid groups is 1. The lowest BCUT2D eigenvalue weighted by Gasteiger charge is -2.21. The molecule has 0 rings (SSSR count). The third-order valence-electron chi connectivity index (χ3n) is 11.7. The lowest BCUT2D eigenvalue weighted by Crippen LogP contribution is -2.30. The highest BCUT2D eigenvalue weighted by atomic mass is 31.2. The Morgan fingerprint density at radius 2 is 0.692 bits per heavy atom. The van der Waals surface area contributed by atoms with Crippen molar-refractivity contribution in [2.24, 2.45) is 0 Å². The Hall–Kier alpha value is -4.64. The molecule has 0 saturated carbocycles. The van der Waals surface area contributed by atoms with Crippen molar-refractivity contribution in [1.82, 2.24) is 0 Å². The number of aliphatic hydroxyl groups excluding tert-OH is 1. The maximum absolute atomic E-state index is 12.9. The minimum atomic E-state index is -4.79. The first-order valence-electron chi connectivity index (χ1n) is 29.7. The van der Waals surface area contributed by atoms with Gasteiger partial charge in [0.1, 0.15) is 12.7 Å². The normalized spacial score (nSPS) is 14.4. The summed E-state index contributed by atoms with van der Waals surface area (Å²) in [6.07, 6.45) is 75.4. The van der Waals surface area contributed by atoms with Crippen molar-refractivity contribution in [3.63, 3.8) is 0 Å². The molecule has 0 aromatic heterocycles. The van der Waals surface area contributed by atoms with Crippen molar-refractivity contribution in [3.05, 3.63) is 146 Å². The summed E-state index contributed by atoms with van der Waals surface area (Å²) >= 11 is 0. The molecule has 0 aliphatic carbocycles. The first-order chi connectivity index (χ1) is 38.2. The second kappa shape index (κ2) is 58.5. The van der Waals surface area contributed by atoms with E-state index in [0.29, 0.717) is 25.7 Å². The van der Waals surface area contributed by atoms with Gasteiger partial charge in [0.15, 0.2) is 6.10 Å². The van der Waals surface area contributed by atoms with E-state index in [9.17, 15) is 28.9 Å². The van der Waals surface area contributed by atoms with Gasteiger partial charge in [-0.05, 0) is 128 Å². The highest BCUT2D eigenvalue weighted by Crippen LogP contribution is 2.43. The topological polar surface area (TPSA) is 155 Å². The summed E-state index contributed by atoms with van der Waals surface area (Å²) in [6.45, 7) is 4.23. The minimum Gasteiger partial charge on any atom is -0.462 e. The van der Waals surface area contributed by atoms with Crippen LogP contribution in [-0.2, 0) is 42.2 Å². The number of ether oxygens (including phenoxy) is 3. The number of hydrogen-bond donors (Lipinski definition) is 2. The number of unbranched alkanes of at least 4 members (excludes halogenated alkanes) is 12. The van der Waals surface area contributed by atoms with Crippen molar-refractivity contribution in [2.75, 3.05) is 26.4 Å². The summed E-state index contributed by atoms with van der Waals surface area (Å²) in [5.74, 6) is -1.63. The van der Waals surface area contributed by atoms with Crippen LogP contribution < -0.4 is 0 Å². The number of hydrogen-bond acceptors (Lipinski definition) is 10. The molecular formula is C66H105O11P. The lowest BCUT2D eigenvalue weighted by atomic mass is 10.1. The van der Waals surface area contributed by atoms with Crippen LogP contribution in [0.15, 0.2) is 146 Å². The van der Waals surface area contributed by atoms with E-state index in [4.69, 9.17) is 23.3 Å². The molecule has 0 aromatic rings. The molecule has 3 atom stereocenters. The summed E-state index contributed by atoms with van der Waals surface area (Å²) in [5.41, 5.74) is 0. The number of carbonyl (C=O) groups is 3. The molecule has 0 saturated heterocycles. The molecule has 3 unspecified atom stereocenters. The Labute approximate surface area is 473 Å². The molecule has 0 aliphatic rings. The summed E-state index contributed by atoms with van der Waals surface area (Å²) in [7, 11) is -4.79. The molecule has 0 amide bonds. The van der Waals surface area contributed by atoms with Gasteiger partial charge >= 0.3 is 25.7 Å². The third kappa shape index (κ3) is 56.1. The van der Waals surface area contributed by atoms with Crippen LogP contribution in [0.3, 0.4) is 0 Å². The lowest BCUT2D eigenvalue weighted by molar-refractivity contribution is -0.161. The largest absolute Gasteiger partial charge is 0.472 e. The Morgan fingerprint density at radius 3 is 1.12 bits per heavy atom. The summed E-state index contributed by atoms with van der Waals surface area (Å²) in [4.78, 5) is 48.6. The predicted octanol–water partition coefficient (Wildman–Crippen LogP) is 17.9. The molecule has 11 nitrogen and oxygen atoms in total. The number of aliphatic hydroxyl groups is 1. The highest BCUT2D eigenvalue weighted by molar-refractivity contribution is 7.47. The molecule has 0 radical (unpaired) electrons.